The number of halogens is 1. The quantitative estimate of drug-likeness (QED) is 0.896. The van der Waals surface area contributed by atoms with Crippen molar-refractivity contribution in [3.05, 3.63) is 28.8 Å². The first-order valence-corrected chi connectivity index (χ1v) is 8.38. The van der Waals surface area contributed by atoms with Gasteiger partial charge in [-0.2, -0.15) is 0 Å². The number of nitrogens with one attached hydrogen (secondary N) is 1. The van der Waals surface area contributed by atoms with Crippen molar-refractivity contribution in [2.45, 2.75) is 56.6 Å². The molecule has 1 aromatic rings. The van der Waals surface area contributed by atoms with Crippen LogP contribution >= 0.6 is 11.6 Å². The summed E-state index contributed by atoms with van der Waals surface area (Å²) in [4.78, 5) is 12.3. The normalized spacial score (nSPS) is 23.3. The Morgan fingerprint density at radius 1 is 1.36 bits per heavy atom. The lowest BCUT2D eigenvalue weighted by molar-refractivity contribution is -0.126. The minimum absolute atomic E-state index is 0.0952. The van der Waals surface area contributed by atoms with Gasteiger partial charge in [0.05, 0.1) is 29.7 Å². The molecular weight excluding hydrogens is 302 g/mol. The Hall–Kier alpha value is -1.26. The number of carbonyl (C=O) groups is 1. The van der Waals surface area contributed by atoms with Gasteiger partial charge in [-0.1, -0.05) is 36.6 Å². The lowest BCUT2D eigenvalue weighted by Gasteiger charge is -2.24. The maximum absolute atomic E-state index is 12.3. The maximum Gasteiger partial charge on any atom is 0.223 e. The van der Waals surface area contributed by atoms with E-state index in [2.05, 4.69) is 5.32 Å². The average Bonchev–Trinajstić information content (AvgIpc) is 2.78. The summed E-state index contributed by atoms with van der Waals surface area (Å²) in [6.07, 6.45) is 5.30. The van der Waals surface area contributed by atoms with Crippen LogP contribution in [0.1, 0.15) is 56.6 Å². The first kappa shape index (κ1) is 15.6. The van der Waals surface area contributed by atoms with Crippen LogP contribution < -0.4 is 10.1 Å². The molecule has 120 valence electrons. The lowest BCUT2D eigenvalue weighted by atomic mass is 9.96. The highest BCUT2D eigenvalue weighted by atomic mass is 35.5. The van der Waals surface area contributed by atoms with Crippen molar-refractivity contribution in [2.24, 2.45) is 0 Å². The van der Waals surface area contributed by atoms with E-state index in [0.29, 0.717) is 17.4 Å². The Balaban J connectivity index is 1.72. The topological polar surface area (TPSA) is 58.6 Å². The van der Waals surface area contributed by atoms with Crippen LogP contribution in [0.3, 0.4) is 0 Å². The third kappa shape index (κ3) is 3.39. The van der Waals surface area contributed by atoms with Crippen molar-refractivity contribution in [2.75, 3.05) is 6.61 Å². The van der Waals surface area contributed by atoms with Crippen molar-refractivity contribution >= 4 is 17.5 Å². The number of ether oxygens (including phenoxy) is 1. The van der Waals surface area contributed by atoms with Crippen LogP contribution in [-0.4, -0.2) is 23.2 Å². The molecule has 1 aliphatic heterocycles. The smallest absolute Gasteiger partial charge is 0.223 e. The van der Waals surface area contributed by atoms with Gasteiger partial charge in [-0.3, -0.25) is 4.79 Å². The van der Waals surface area contributed by atoms with E-state index in [1.807, 2.05) is 12.1 Å². The third-order valence-corrected chi connectivity index (χ3v) is 4.91. The van der Waals surface area contributed by atoms with Crippen molar-refractivity contribution in [1.29, 1.82) is 0 Å². The van der Waals surface area contributed by atoms with Crippen molar-refractivity contribution in [3.63, 3.8) is 0 Å². The van der Waals surface area contributed by atoms with E-state index in [0.717, 1.165) is 44.1 Å². The lowest BCUT2D eigenvalue weighted by Crippen LogP contribution is -2.36. The van der Waals surface area contributed by atoms with E-state index in [1.54, 1.807) is 6.07 Å². The Bertz CT molecular complexity index is 555. The molecule has 1 fully saturated rings. The van der Waals surface area contributed by atoms with Crippen molar-refractivity contribution in [1.82, 2.24) is 5.32 Å². The summed E-state index contributed by atoms with van der Waals surface area (Å²) < 4.78 is 5.71. The first-order chi connectivity index (χ1) is 10.6. The number of benzene rings is 1. The van der Waals surface area contributed by atoms with Gasteiger partial charge >= 0.3 is 0 Å². The van der Waals surface area contributed by atoms with Gasteiger partial charge < -0.3 is 15.2 Å². The summed E-state index contributed by atoms with van der Waals surface area (Å²) in [7, 11) is 0. The number of hydrogen-bond donors (Lipinski definition) is 2. The fraction of sp³-hybridized carbons (Fsp3) is 0.588. The number of aliphatic hydroxyl groups is 1. The minimum atomic E-state index is -0.817. The monoisotopic (exact) mass is 323 g/mol. The average molecular weight is 324 g/mol. The molecule has 1 atom stereocenters. The minimum Gasteiger partial charge on any atom is -0.492 e. The van der Waals surface area contributed by atoms with Gasteiger partial charge in [0, 0.05) is 5.56 Å². The van der Waals surface area contributed by atoms with Crippen LogP contribution in [0.2, 0.25) is 5.02 Å². The zero-order chi connectivity index (χ0) is 15.6. The van der Waals surface area contributed by atoms with E-state index in [-0.39, 0.29) is 18.4 Å². The molecule has 1 aromatic carbocycles. The molecular formula is C17H22ClNO3. The van der Waals surface area contributed by atoms with Gasteiger partial charge in [0.25, 0.3) is 0 Å². The zero-order valence-electron chi connectivity index (χ0n) is 12.6. The highest BCUT2D eigenvalue weighted by Crippen LogP contribution is 2.37. The molecule has 1 saturated carbocycles. The number of carbonyl (C=O) groups excluding carboxylic acids is 1. The summed E-state index contributed by atoms with van der Waals surface area (Å²) in [5.74, 6) is 0.578. The summed E-state index contributed by atoms with van der Waals surface area (Å²) in [5.41, 5.74) is 0.111. The molecule has 22 heavy (non-hydrogen) atoms. The van der Waals surface area contributed by atoms with Gasteiger partial charge in [-0.05, 0) is 31.7 Å². The largest absolute Gasteiger partial charge is 0.492 e. The van der Waals surface area contributed by atoms with Crippen LogP contribution in [0.5, 0.6) is 5.75 Å². The van der Waals surface area contributed by atoms with E-state index >= 15 is 0 Å². The molecule has 1 heterocycles. The molecule has 4 nitrogen and oxygen atoms in total. The number of hydrogen-bond acceptors (Lipinski definition) is 3. The highest BCUT2D eigenvalue weighted by molar-refractivity contribution is 6.32. The first-order valence-electron chi connectivity index (χ1n) is 8.00. The van der Waals surface area contributed by atoms with Crippen LogP contribution in [0, 0.1) is 0 Å². The second-order valence-electron chi connectivity index (χ2n) is 6.38. The molecule has 1 unspecified atom stereocenters. The molecule has 2 aliphatic rings. The van der Waals surface area contributed by atoms with E-state index < -0.39 is 5.60 Å². The Morgan fingerprint density at radius 3 is 2.91 bits per heavy atom. The van der Waals surface area contributed by atoms with Gasteiger partial charge in [-0.15, -0.1) is 0 Å². The molecule has 5 heteroatoms. The zero-order valence-corrected chi connectivity index (χ0v) is 13.4. The molecule has 1 aliphatic carbocycles. The second kappa shape index (κ2) is 6.47. The Labute approximate surface area is 135 Å². The van der Waals surface area contributed by atoms with Crippen molar-refractivity contribution < 1.29 is 14.6 Å². The standard InChI is InChI=1S/C17H22ClNO3/c18-13-6-3-5-12-14(7-4-10-22-16(12)13)19-15(20)11-17(21)8-1-2-9-17/h3,5-6,14,21H,1-2,4,7-11H2,(H,19,20). The van der Waals surface area contributed by atoms with Gasteiger partial charge in [0.1, 0.15) is 5.75 Å². The van der Waals surface area contributed by atoms with E-state index in [4.69, 9.17) is 16.3 Å². The van der Waals surface area contributed by atoms with Crippen LogP contribution in [-0.2, 0) is 4.79 Å². The fourth-order valence-corrected chi connectivity index (χ4v) is 3.71. The summed E-state index contributed by atoms with van der Waals surface area (Å²) in [5, 5.41) is 14.0. The van der Waals surface area contributed by atoms with Crippen LogP contribution in [0.4, 0.5) is 0 Å². The van der Waals surface area contributed by atoms with Crippen LogP contribution in [0.15, 0.2) is 18.2 Å². The second-order valence-corrected chi connectivity index (χ2v) is 6.78. The van der Waals surface area contributed by atoms with E-state index in [9.17, 15) is 9.90 Å². The SMILES string of the molecule is O=C(CC1(O)CCCC1)NC1CCCOc2c(Cl)cccc21. The molecule has 0 bridgehead atoms. The Kier molecular flexibility index (Phi) is 4.59. The highest BCUT2D eigenvalue weighted by Gasteiger charge is 2.34. The van der Waals surface area contributed by atoms with Gasteiger partial charge in [-0.25, -0.2) is 0 Å². The van der Waals surface area contributed by atoms with Gasteiger partial charge in [0.15, 0.2) is 0 Å². The molecule has 0 aromatic heterocycles. The molecule has 0 spiro atoms. The summed E-state index contributed by atoms with van der Waals surface area (Å²) in [6, 6.07) is 5.52. The molecule has 2 N–H and O–H groups in total. The molecule has 0 radical (unpaired) electrons. The Morgan fingerprint density at radius 2 is 2.14 bits per heavy atom. The van der Waals surface area contributed by atoms with E-state index in [1.165, 1.54) is 0 Å². The predicted octanol–water partition coefficient (Wildman–Crippen LogP) is 3.37. The maximum atomic E-state index is 12.3. The van der Waals surface area contributed by atoms with Crippen LogP contribution in [0.25, 0.3) is 0 Å². The predicted molar refractivity (Wildman–Crippen MR) is 85.1 cm³/mol. The molecule has 0 saturated heterocycles. The number of fused-ring (bicyclic) bond motifs is 1. The van der Waals surface area contributed by atoms with Crippen molar-refractivity contribution in [3.8, 4) is 5.75 Å². The fourth-order valence-electron chi connectivity index (χ4n) is 3.47. The number of amides is 1. The summed E-state index contributed by atoms with van der Waals surface area (Å²) in [6.45, 7) is 0.604. The third-order valence-electron chi connectivity index (χ3n) is 4.62. The summed E-state index contributed by atoms with van der Waals surface area (Å²) >= 11 is 6.20. The number of rotatable bonds is 3. The molecule has 1 amide bonds. The number of para-hydroxylation sites is 1. The van der Waals surface area contributed by atoms with Gasteiger partial charge in [0.2, 0.25) is 5.91 Å². The molecule has 3 rings (SSSR count).